The van der Waals surface area contributed by atoms with Crippen molar-refractivity contribution in [3.05, 3.63) is 60.1 Å². The molecule has 2 rings (SSSR count). The second kappa shape index (κ2) is 6.62. The van der Waals surface area contributed by atoms with Crippen LogP contribution in [0.4, 0.5) is 0 Å². The number of carbonyl (C=O) groups is 1. The van der Waals surface area contributed by atoms with Gasteiger partial charge in [0.1, 0.15) is 0 Å². The maximum atomic E-state index is 11.8. The smallest absolute Gasteiger partial charge is 0.228 e. The second-order valence-corrected chi connectivity index (χ2v) is 2.99. The van der Waals surface area contributed by atoms with Crippen LogP contribution < -0.4 is 0 Å². The van der Waals surface area contributed by atoms with Crippen LogP contribution in [0.1, 0.15) is 30.8 Å². The minimum Gasteiger partial charge on any atom is -0.461 e. The lowest BCUT2D eigenvalue weighted by Crippen LogP contribution is -1.99. The van der Waals surface area contributed by atoms with Gasteiger partial charge in [-0.2, -0.15) is 0 Å². The summed E-state index contributed by atoms with van der Waals surface area (Å²) in [6.07, 6.45) is 11.8. The van der Waals surface area contributed by atoms with Crippen molar-refractivity contribution in [2.45, 2.75) is 20.3 Å². The van der Waals surface area contributed by atoms with Crippen LogP contribution in [0, 0.1) is 0 Å². The average molecular weight is 216 g/mol. The van der Waals surface area contributed by atoms with Gasteiger partial charge >= 0.3 is 0 Å². The molecule has 1 aliphatic rings. The van der Waals surface area contributed by atoms with Crippen molar-refractivity contribution in [3.8, 4) is 0 Å². The van der Waals surface area contributed by atoms with Crippen molar-refractivity contribution in [2.24, 2.45) is 0 Å². The number of furan rings is 1. The molecule has 16 heavy (non-hydrogen) atoms. The van der Waals surface area contributed by atoms with E-state index in [9.17, 15) is 4.79 Å². The fourth-order valence-electron chi connectivity index (χ4n) is 1.28. The number of Topliss-reactive ketones (excluding diaryl/α,β-unsaturated/α-hetero) is 1. The predicted octanol–water partition coefficient (Wildman–Crippen LogP) is 3.93. The van der Waals surface area contributed by atoms with Crippen LogP contribution in [-0.2, 0) is 0 Å². The summed E-state index contributed by atoms with van der Waals surface area (Å²) in [5.41, 5.74) is 0.661. The number of hydrogen-bond acceptors (Lipinski definition) is 2. The first-order valence-electron chi connectivity index (χ1n) is 5.49. The van der Waals surface area contributed by atoms with Crippen molar-refractivity contribution in [1.82, 2.24) is 0 Å². The first kappa shape index (κ1) is 12.2. The lowest BCUT2D eigenvalue weighted by atomic mass is 10.1. The van der Waals surface area contributed by atoms with E-state index in [0.717, 1.165) is 6.42 Å². The van der Waals surface area contributed by atoms with E-state index in [2.05, 4.69) is 0 Å². The number of carbonyl (C=O) groups excluding carboxylic acids is 1. The van der Waals surface area contributed by atoms with Crippen LogP contribution in [0.3, 0.4) is 0 Å². The molecule has 1 aliphatic carbocycles. The minimum absolute atomic E-state index is 0.0715. The SMILES string of the molecule is CC.O=C(C1=CC=CCC=C1)c1ccco1. The van der Waals surface area contributed by atoms with Crippen molar-refractivity contribution in [1.29, 1.82) is 0 Å². The van der Waals surface area contributed by atoms with E-state index in [4.69, 9.17) is 4.42 Å². The van der Waals surface area contributed by atoms with Gasteiger partial charge in [0.05, 0.1) is 6.26 Å². The lowest BCUT2D eigenvalue weighted by Gasteiger charge is -1.95. The Labute approximate surface area is 96.0 Å². The molecule has 0 saturated heterocycles. The van der Waals surface area contributed by atoms with E-state index in [1.54, 1.807) is 18.2 Å². The van der Waals surface area contributed by atoms with Crippen LogP contribution in [0.5, 0.6) is 0 Å². The molecule has 0 bridgehead atoms. The van der Waals surface area contributed by atoms with Gasteiger partial charge in [0.15, 0.2) is 5.76 Å². The summed E-state index contributed by atoms with van der Waals surface area (Å²) in [4.78, 5) is 11.8. The molecule has 0 N–H and O–H groups in total. The minimum atomic E-state index is -0.0715. The Balaban J connectivity index is 0.000000606. The number of allylic oxidation sites excluding steroid dienone is 6. The van der Waals surface area contributed by atoms with Gasteiger partial charge in [-0.1, -0.05) is 44.2 Å². The van der Waals surface area contributed by atoms with E-state index in [1.165, 1.54) is 6.26 Å². The highest BCUT2D eigenvalue weighted by molar-refractivity contribution is 6.08. The fraction of sp³-hybridized carbons (Fsp3) is 0.214. The quantitative estimate of drug-likeness (QED) is 0.701. The standard InChI is InChI=1S/C12H10O2.C2H6/c13-12(11-8-5-9-14-11)10-6-3-1-2-4-7-10;1-2/h1,3-9H,2H2;1-2H3. The molecule has 84 valence electrons. The first-order chi connectivity index (χ1) is 7.88. The third kappa shape index (κ3) is 3.09. The average Bonchev–Trinajstić information content (AvgIpc) is 2.73. The molecule has 1 aromatic rings. The third-order valence-corrected chi connectivity index (χ3v) is 1.99. The Morgan fingerprint density at radius 2 is 2.12 bits per heavy atom. The molecule has 0 spiro atoms. The van der Waals surface area contributed by atoms with Gasteiger partial charge in [0, 0.05) is 5.57 Å². The van der Waals surface area contributed by atoms with Gasteiger partial charge in [-0.25, -0.2) is 0 Å². The summed E-state index contributed by atoms with van der Waals surface area (Å²) < 4.78 is 5.04. The Hall–Kier alpha value is -1.83. The lowest BCUT2D eigenvalue weighted by molar-refractivity contribution is 0.101. The molecule has 0 fully saturated rings. The van der Waals surface area contributed by atoms with Gasteiger partial charge in [0.2, 0.25) is 5.78 Å². The molecule has 1 heterocycles. The Morgan fingerprint density at radius 3 is 2.81 bits per heavy atom. The molecule has 0 amide bonds. The van der Waals surface area contributed by atoms with Crippen molar-refractivity contribution in [3.63, 3.8) is 0 Å². The molecule has 0 radical (unpaired) electrons. The molecule has 0 unspecified atom stereocenters. The molecule has 0 atom stereocenters. The fourth-order valence-corrected chi connectivity index (χ4v) is 1.28. The topological polar surface area (TPSA) is 30.2 Å². The van der Waals surface area contributed by atoms with E-state index in [0.29, 0.717) is 11.3 Å². The van der Waals surface area contributed by atoms with Crippen molar-refractivity contribution >= 4 is 5.78 Å². The molecule has 0 saturated carbocycles. The maximum Gasteiger partial charge on any atom is 0.228 e. The van der Waals surface area contributed by atoms with Gasteiger partial charge < -0.3 is 4.42 Å². The van der Waals surface area contributed by atoms with Crippen LogP contribution in [0.2, 0.25) is 0 Å². The Bertz CT molecular complexity index is 406. The summed E-state index contributed by atoms with van der Waals surface area (Å²) in [6.45, 7) is 4.00. The third-order valence-electron chi connectivity index (χ3n) is 1.99. The molecule has 2 nitrogen and oxygen atoms in total. The van der Waals surface area contributed by atoms with Crippen molar-refractivity contribution in [2.75, 3.05) is 0 Å². The van der Waals surface area contributed by atoms with Gasteiger partial charge in [-0.05, 0) is 18.6 Å². The number of ketones is 1. The summed E-state index contributed by atoms with van der Waals surface area (Å²) in [5, 5.41) is 0. The highest BCUT2D eigenvalue weighted by Crippen LogP contribution is 2.12. The molecule has 0 aliphatic heterocycles. The Kier molecular flexibility index (Phi) is 5.06. The predicted molar refractivity (Wildman–Crippen MR) is 65.4 cm³/mol. The van der Waals surface area contributed by atoms with E-state index in [1.807, 2.05) is 38.2 Å². The molecular formula is C14H16O2. The summed E-state index contributed by atoms with van der Waals surface area (Å²) in [7, 11) is 0. The van der Waals surface area contributed by atoms with E-state index >= 15 is 0 Å². The Morgan fingerprint density at radius 1 is 1.31 bits per heavy atom. The summed E-state index contributed by atoms with van der Waals surface area (Å²) >= 11 is 0. The van der Waals surface area contributed by atoms with Gasteiger partial charge in [-0.15, -0.1) is 0 Å². The largest absolute Gasteiger partial charge is 0.461 e. The normalized spacial score (nSPS) is 13.5. The summed E-state index contributed by atoms with van der Waals surface area (Å²) in [6, 6.07) is 3.38. The molecule has 0 aromatic carbocycles. The van der Waals surface area contributed by atoms with E-state index < -0.39 is 0 Å². The van der Waals surface area contributed by atoms with Crippen LogP contribution >= 0.6 is 0 Å². The van der Waals surface area contributed by atoms with E-state index in [-0.39, 0.29) is 5.78 Å². The zero-order valence-electron chi connectivity index (χ0n) is 9.64. The van der Waals surface area contributed by atoms with Crippen LogP contribution in [0.15, 0.2) is 58.8 Å². The highest BCUT2D eigenvalue weighted by Gasteiger charge is 2.11. The van der Waals surface area contributed by atoms with Gasteiger partial charge in [0.25, 0.3) is 0 Å². The molecule has 2 heteroatoms. The van der Waals surface area contributed by atoms with Crippen LogP contribution in [-0.4, -0.2) is 5.78 Å². The number of rotatable bonds is 2. The highest BCUT2D eigenvalue weighted by atomic mass is 16.3. The zero-order valence-corrected chi connectivity index (χ0v) is 9.64. The second-order valence-electron chi connectivity index (χ2n) is 2.99. The van der Waals surface area contributed by atoms with Crippen LogP contribution in [0.25, 0.3) is 0 Å². The first-order valence-corrected chi connectivity index (χ1v) is 5.49. The maximum absolute atomic E-state index is 11.8. The van der Waals surface area contributed by atoms with Crippen molar-refractivity contribution < 1.29 is 9.21 Å². The molecular weight excluding hydrogens is 200 g/mol. The zero-order chi connectivity index (χ0) is 11.8. The monoisotopic (exact) mass is 216 g/mol. The number of hydrogen-bond donors (Lipinski definition) is 0. The summed E-state index contributed by atoms with van der Waals surface area (Å²) in [5.74, 6) is 0.314. The van der Waals surface area contributed by atoms with Gasteiger partial charge in [-0.3, -0.25) is 4.79 Å². The molecule has 1 aromatic heterocycles.